The van der Waals surface area contributed by atoms with E-state index in [0.29, 0.717) is 6.29 Å². The normalized spacial score (nSPS) is 10.4. The Hall–Kier alpha value is -1.90. The average Bonchev–Trinajstić information content (AvgIpc) is 2.23. The Morgan fingerprint density at radius 3 is 2.71 bits per heavy atom. The largest absolute Gasteiger partial charge is 0.311 e. The Labute approximate surface area is 80.6 Å². The first-order valence-corrected chi connectivity index (χ1v) is 4.28. The third-order valence-corrected chi connectivity index (χ3v) is 2.29. The standard InChI is InChI=1S/C11H9NO2/c1-12-10-5-3-2-4-8(10)6-9(7-13)11(12)14/h2-7H,1H3. The zero-order valence-electron chi connectivity index (χ0n) is 7.73. The van der Waals surface area contributed by atoms with E-state index < -0.39 is 0 Å². The monoisotopic (exact) mass is 187 g/mol. The maximum absolute atomic E-state index is 11.5. The molecule has 3 nitrogen and oxygen atoms in total. The third kappa shape index (κ3) is 1.14. The number of para-hydroxylation sites is 1. The molecule has 0 atom stereocenters. The molecule has 0 N–H and O–H groups in total. The lowest BCUT2D eigenvalue weighted by Gasteiger charge is -2.04. The smallest absolute Gasteiger partial charge is 0.261 e. The number of rotatable bonds is 1. The van der Waals surface area contributed by atoms with Gasteiger partial charge in [0.2, 0.25) is 0 Å². The van der Waals surface area contributed by atoms with E-state index in [0.717, 1.165) is 10.9 Å². The quantitative estimate of drug-likeness (QED) is 0.632. The molecule has 0 aliphatic carbocycles. The van der Waals surface area contributed by atoms with E-state index in [1.54, 1.807) is 13.1 Å². The lowest BCUT2D eigenvalue weighted by atomic mass is 10.1. The van der Waals surface area contributed by atoms with Gasteiger partial charge in [-0.3, -0.25) is 9.59 Å². The predicted molar refractivity (Wildman–Crippen MR) is 54.6 cm³/mol. The number of aromatic nitrogens is 1. The number of carbonyl (C=O) groups is 1. The molecule has 70 valence electrons. The van der Waals surface area contributed by atoms with Crippen LogP contribution in [0.15, 0.2) is 35.1 Å². The van der Waals surface area contributed by atoms with E-state index in [4.69, 9.17) is 0 Å². The summed E-state index contributed by atoms with van der Waals surface area (Å²) in [4.78, 5) is 22.2. The fourth-order valence-electron chi connectivity index (χ4n) is 1.53. The van der Waals surface area contributed by atoms with Gasteiger partial charge in [-0.1, -0.05) is 18.2 Å². The Bertz CT molecular complexity index is 555. The van der Waals surface area contributed by atoms with E-state index in [2.05, 4.69) is 0 Å². The summed E-state index contributed by atoms with van der Waals surface area (Å²) in [5, 5.41) is 0.900. The molecule has 0 spiro atoms. The van der Waals surface area contributed by atoms with Crippen LogP contribution in [0.5, 0.6) is 0 Å². The maximum atomic E-state index is 11.5. The SMILES string of the molecule is Cn1c(=O)c(C=O)cc2ccccc21. The van der Waals surface area contributed by atoms with E-state index in [1.165, 1.54) is 4.57 Å². The zero-order chi connectivity index (χ0) is 10.1. The summed E-state index contributed by atoms with van der Waals surface area (Å²) in [6.07, 6.45) is 0.592. The molecule has 1 heterocycles. The van der Waals surface area contributed by atoms with Crippen LogP contribution in [-0.2, 0) is 7.05 Å². The fraction of sp³-hybridized carbons (Fsp3) is 0.0909. The Kier molecular flexibility index (Phi) is 1.93. The van der Waals surface area contributed by atoms with Crippen LogP contribution in [-0.4, -0.2) is 10.9 Å². The minimum atomic E-state index is -0.251. The molecular weight excluding hydrogens is 178 g/mol. The van der Waals surface area contributed by atoms with Crippen molar-refractivity contribution in [2.24, 2.45) is 7.05 Å². The minimum absolute atomic E-state index is 0.200. The van der Waals surface area contributed by atoms with Crippen molar-refractivity contribution in [1.29, 1.82) is 0 Å². The lowest BCUT2D eigenvalue weighted by Crippen LogP contribution is -2.20. The number of aryl methyl sites for hydroxylation is 1. The van der Waals surface area contributed by atoms with Gasteiger partial charge in [0.25, 0.3) is 5.56 Å². The van der Waals surface area contributed by atoms with E-state index in [1.807, 2.05) is 24.3 Å². The maximum Gasteiger partial charge on any atom is 0.261 e. The van der Waals surface area contributed by atoms with Gasteiger partial charge in [-0.15, -0.1) is 0 Å². The minimum Gasteiger partial charge on any atom is -0.311 e. The molecule has 0 aliphatic heterocycles. The van der Waals surface area contributed by atoms with Gasteiger partial charge in [0.1, 0.15) is 0 Å². The van der Waals surface area contributed by atoms with E-state index in [-0.39, 0.29) is 11.1 Å². The summed E-state index contributed by atoms with van der Waals surface area (Å²) in [7, 11) is 1.66. The number of benzene rings is 1. The number of hydrogen-bond acceptors (Lipinski definition) is 2. The van der Waals surface area contributed by atoms with E-state index >= 15 is 0 Å². The molecule has 1 aromatic carbocycles. The van der Waals surface area contributed by atoms with Crippen molar-refractivity contribution >= 4 is 17.2 Å². The second-order valence-corrected chi connectivity index (χ2v) is 3.14. The number of nitrogens with zero attached hydrogens (tertiary/aromatic N) is 1. The first kappa shape index (κ1) is 8.69. The molecule has 0 radical (unpaired) electrons. The van der Waals surface area contributed by atoms with Crippen LogP contribution in [0.25, 0.3) is 10.9 Å². The summed E-state index contributed by atoms with van der Waals surface area (Å²) >= 11 is 0. The summed E-state index contributed by atoms with van der Waals surface area (Å²) in [5.74, 6) is 0. The highest BCUT2D eigenvalue weighted by Crippen LogP contribution is 2.11. The molecule has 0 aliphatic rings. The first-order valence-electron chi connectivity index (χ1n) is 4.28. The molecule has 14 heavy (non-hydrogen) atoms. The number of carbonyl (C=O) groups excluding carboxylic acids is 1. The predicted octanol–water partition coefficient (Wildman–Crippen LogP) is 1.35. The van der Waals surface area contributed by atoms with Gasteiger partial charge in [-0.05, 0) is 17.5 Å². The van der Waals surface area contributed by atoms with Gasteiger partial charge in [-0.25, -0.2) is 0 Å². The van der Waals surface area contributed by atoms with Crippen LogP contribution in [0.2, 0.25) is 0 Å². The topological polar surface area (TPSA) is 39.1 Å². The van der Waals surface area contributed by atoms with Crippen molar-refractivity contribution in [1.82, 2.24) is 4.57 Å². The molecule has 0 saturated carbocycles. The summed E-state index contributed by atoms with van der Waals surface area (Å²) in [6, 6.07) is 9.08. The molecule has 0 bridgehead atoms. The van der Waals surface area contributed by atoms with Gasteiger partial charge in [0.15, 0.2) is 6.29 Å². The first-order chi connectivity index (χ1) is 6.74. The fourth-order valence-corrected chi connectivity index (χ4v) is 1.53. The van der Waals surface area contributed by atoms with Crippen LogP contribution in [0.1, 0.15) is 10.4 Å². The van der Waals surface area contributed by atoms with Crippen LogP contribution >= 0.6 is 0 Å². The molecule has 0 amide bonds. The van der Waals surface area contributed by atoms with Crippen LogP contribution in [0.3, 0.4) is 0 Å². The summed E-state index contributed by atoms with van der Waals surface area (Å²) in [5.41, 5.74) is 0.785. The van der Waals surface area contributed by atoms with Crippen LogP contribution in [0.4, 0.5) is 0 Å². The third-order valence-electron chi connectivity index (χ3n) is 2.29. The Balaban J connectivity index is 2.99. The highest BCUT2D eigenvalue weighted by molar-refractivity contribution is 5.86. The van der Waals surface area contributed by atoms with Crippen molar-refractivity contribution in [3.05, 3.63) is 46.2 Å². The van der Waals surface area contributed by atoms with Gasteiger partial charge in [0, 0.05) is 7.05 Å². The van der Waals surface area contributed by atoms with Crippen LogP contribution in [0, 0.1) is 0 Å². The summed E-state index contributed by atoms with van der Waals surface area (Å²) in [6.45, 7) is 0. The number of fused-ring (bicyclic) bond motifs is 1. The zero-order valence-corrected chi connectivity index (χ0v) is 7.73. The second kappa shape index (κ2) is 3.10. The van der Waals surface area contributed by atoms with Gasteiger partial charge in [-0.2, -0.15) is 0 Å². The highest BCUT2D eigenvalue weighted by Gasteiger charge is 2.04. The molecule has 0 unspecified atom stereocenters. The highest BCUT2D eigenvalue weighted by atomic mass is 16.1. The van der Waals surface area contributed by atoms with Crippen LogP contribution < -0.4 is 5.56 Å². The van der Waals surface area contributed by atoms with Gasteiger partial charge in [0.05, 0.1) is 11.1 Å². The molecule has 2 aromatic rings. The molecule has 2 rings (SSSR count). The van der Waals surface area contributed by atoms with Crippen molar-refractivity contribution in [2.75, 3.05) is 0 Å². The Morgan fingerprint density at radius 2 is 2.00 bits per heavy atom. The van der Waals surface area contributed by atoms with Crippen molar-refractivity contribution < 1.29 is 4.79 Å². The van der Waals surface area contributed by atoms with E-state index in [9.17, 15) is 9.59 Å². The molecule has 0 fully saturated rings. The second-order valence-electron chi connectivity index (χ2n) is 3.14. The number of hydrogen-bond donors (Lipinski definition) is 0. The average molecular weight is 187 g/mol. The molecule has 0 saturated heterocycles. The summed E-state index contributed by atoms with van der Waals surface area (Å²) < 4.78 is 1.49. The van der Waals surface area contributed by atoms with Crippen molar-refractivity contribution in [3.63, 3.8) is 0 Å². The molecule has 1 aromatic heterocycles. The Morgan fingerprint density at radius 1 is 1.29 bits per heavy atom. The van der Waals surface area contributed by atoms with Crippen molar-refractivity contribution in [2.45, 2.75) is 0 Å². The molecular formula is C11H9NO2. The van der Waals surface area contributed by atoms with Crippen molar-refractivity contribution in [3.8, 4) is 0 Å². The number of pyridine rings is 1. The lowest BCUT2D eigenvalue weighted by molar-refractivity contribution is 0.112. The number of aldehydes is 1. The van der Waals surface area contributed by atoms with Gasteiger partial charge >= 0.3 is 0 Å². The van der Waals surface area contributed by atoms with Gasteiger partial charge < -0.3 is 4.57 Å². The molecule has 3 heteroatoms.